The van der Waals surface area contributed by atoms with Crippen molar-refractivity contribution in [2.45, 2.75) is 25.5 Å². The molecule has 19 heavy (non-hydrogen) atoms. The highest BCUT2D eigenvalue weighted by atomic mass is 32.1. The first-order chi connectivity index (χ1) is 9.33. The first-order valence-corrected chi connectivity index (χ1v) is 7.16. The molecule has 1 aliphatic rings. The Kier molecular flexibility index (Phi) is 3.74. The highest BCUT2D eigenvalue weighted by molar-refractivity contribution is 7.16. The van der Waals surface area contributed by atoms with Crippen molar-refractivity contribution in [3.63, 3.8) is 0 Å². The van der Waals surface area contributed by atoms with Crippen LogP contribution in [0, 0.1) is 0 Å². The summed E-state index contributed by atoms with van der Waals surface area (Å²) in [6, 6.07) is 0.333. The number of nitrogens with zero attached hydrogens (tertiary/aromatic N) is 4. The van der Waals surface area contributed by atoms with Crippen molar-refractivity contribution in [1.29, 1.82) is 0 Å². The van der Waals surface area contributed by atoms with E-state index in [-0.39, 0.29) is 0 Å². The predicted octanol–water partition coefficient (Wildman–Crippen LogP) is 0.424. The number of ether oxygens (including phenoxy) is 2. The van der Waals surface area contributed by atoms with Crippen molar-refractivity contribution in [1.82, 2.24) is 25.1 Å². The maximum Gasteiger partial charge on any atom is 0.234 e. The van der Waals surface area contributed by atoms with Crippen LogP contribution in [0.25, 0.3) is 4.96 Å². The highest BCUT2D eigenvalue weighted by Crippen LogP contribution is 2.29. The molecule has 3 heterocycles. The van der Waals surface area contributed by atoms with Crippen LogP contribution >= 0.6 is 11.3 Å². The highest BCUT2D eigenvalue weighted by Gasteiger charge is 2.32. The molecule has 7 nitrogen and oxygen atoms in total. The van der Waals surface area contributed by atoms with Gasteiger partial charge in [-0.3, -0.25) is 0 Å². The standard InChI is InChI=1S/C11H17N5O2S/c1-3-12-8-5-18-4-7(8)10-15-16-9(6-17-2)13-14-11(16)19-10/h7-8,12H,3-6H2,1-2H3. The summed E-state index contributed by atoms with van der Waals surface area (Å²) in [5.41, 5.74) is 0. The van der Waals surface area contributed by atoms with Crippen molar-refractivity contribution < 1.29 is 9.47 Å². The predicted molar refractivity (Wildman–Crippen MR) is 70.4 cm³/mol. The fourth-order valence-electron chi connectivity index (χ4n) is 2.30. The second-order valence-corrected chi connectivity index (χ2v) is 5.48. The normalized spacial score (nSPS) is 23.5. The van der Waals surface area contributed by atoms with Gasteiger partial charge in [-0.05, 0) is 6.54 Å². The maximum atomic E-state index is 5.56. The van der Waals surface area contributed by atoms with E-state index in [1.54, 1.807) is 23.0 Å². The average molecular weight is 283 g/mol. The fraction of sp³-hybridized carbons (Fsp3) is 0.727. The van der Waals surface area contributed by atoms with Gasteiger partial charge >= 0.3 is 0 Å². The van der Waals surface area contributed by atoms with E-state index in [1.165, 1.54) is 0 Å². The molecular weight excluding hydrogens is 266 g/mol. The maximum absolute atomic E-state index is 5.56. The summed E-state index contributed by atoms with van der Waals surface area (Å²) in [6.07, 6.45) is 0. The van der Waals surface area contributed by atoms with Crippen LogP contribution in [0.3, 0.4) is 0 Å². The molecule has 2 unspecified atom stereocenters. The summed E-state index contributed by atoms with van der Waals surface area (Å²) < 4.78 is 12.4. The van der Waals surface area contributed by atoms with Gasteiger partial charge in [0.25, 0.3) is 0 Å². The van der Waals surface area contributed by atoms with E-state index in [2.05, 4.69) is 27.5 Å². The van der Waals surface area contributed by atoms with Crippen molar-refractivity contribution in [2.75, 3.05) is 26.9 Å². The van der Waals surface area contributed by atoms with Crippen LogP contribution in [-0.2, 0) is 16.1 Å². The second kappa shape index (κ2) is 5.49. The van der Waals surface area contributed by atoms with Crippen molar-refractivity contribution in [2.24, 2.45) is 0 Å². The van der Waals surface area contributed by atoms with Gasteiger partial charge in [-0.2, -0.15) is 9.61 Å². The lowest BCUT2D eigenvalue weighted by molar-refractivity contribution is 0.176. The Morgan fingerprint density at radius 3 is 3.16 bits per heavy atom. The fourth-order valence-corrected chi connectivity index (χ4v) is 3.31. The van der Waals surface area contributed by atoms with E-state index >= 15 is 0 Å². The zero-order valence-corrected chi connectivity index (χ0v) is 11.8. The van der Waals surface area contributed by atoms with Gasteiger partial charge < -0.3 is 14.8 Å². The lowest BCUT2D eigenvalue weighted by atomic mass is 10.1. The van der Waals surface area contributed by atoms with Crippen LogP contribution in [0.2, 0.25) is 0 Å². The second-order valence-electron chi connectivity index (χ2n) is 4.49. The van der Waals surface area contributed by atoms with E-state index in [9.17, 15) is 0 Å². The largest absolute Gasteiger partial charge is 0.379 e. The van der Waals surface area contributed by atoms with Crippen LogP contribution in [0.4, 0.5) is 0 Å². The van der Waals surface area contributed by atoms with Crippen molar-refractivity contribution >= 4 is 16.3 Å². The third-order valence-electron chi connectivity index (χ3n) is 3.21. The smallest absolute Gasteiger partial charge is 0.234 e. The van der Waals surface area contributed by atoms with Gasteiger partial charge in [-0.1, -0.05) is 18.3 Å². The third kappa shape index (κ3) is 2.36. The summed E-state index contributed by atoms with van der Waals surface area (Å²) in [5, 5.41) is 17.3. The molecule has 0 saturated carbocycles. The van der Waals surface area contributed by atoms with Crippen molar-refractivity contribution in [3.8, 4) is 0 Å². The lowest BCUT2D eigenvalue weighted by Gasteiger charge is -2.15. The summed E-state index contributed by atoms with van der Waals surface area (Å²) in [5.74, 6) is 1.03. The Morgan fingerprint density at radius 2 is 2.37 bits per heavy atom. The monoisotopic (exact) mass is 283 g/mol. The molecule has 3 rings (SSSR count). The van der Waals surface area contributed by atoms with E-state index in [0.29, 0.717) is 25.2 Å². The first-order valence-electron chi connectivity index (χ1n) is 6.34. The minimum absolute atomic E-state index is 0.294. The molecule has 0 aliphatic carbocycles. The Morgan fingerprint density at radius 1 is 1.47 bits per heavy atom. The molecule has 1 N–H and O–H groups in total. The van der Waals surface area contributed by atoms with Gasteiger partial charge in [-0.15, -0.1) is 10.2 Å². The summed E-state index contributed by atoms with van der Waals surface area (Å²) >= 11 is 1.57. The van der Waals surface area contributed by atoms with Crippen LogP contribution in [0.5, 0.6) is 0 Å². The number of aromatic nitrogens is 4. The van der Waals surface area contributed by atoms with E-state index in [0.717, 1.165) is 28.9 Å². The SMILES string of the molecule is CCNC1COCC1c1nn2c(COC)nnc2s1. The van der Waals surface area contributed by atoms with Gasteiger partial charge in [-0.25, -0.2) is 0 Å². The molecule has 0 amide bonds. The van der Waals surface area contributed by atoms with Gasteiger partial charge in [0.1, 0.15) is 11.6 Å². The number of hydrogen-bond acceptors (Lipinski definition) is 7. The Bertz CT molecular complexity index is 554. The van der Waals surface area contributed by atoms with E-state index in [1.807, 2.05) is 0 Å². The zero-order valence-electron chi connectivity index (χ0n) is 11.0. The van der Waals surface area contributed by atoms with Crippen LogP contribution in [0.1, 0.15) is 23.7 Å². The lowest BCUT2D eigenvalue weighted by Crippen LogP contribution is -2.34. The minimum Gasteiger partial charge on any atom is -0.379 e. The molecule has 0 bridgehead atoms. The molecule has 0 radical (unpaired) electrons. The summed E-state index contributed by atoms with van der Waals surface area (Å²) in [4.78, 5) is 0.809. The van der Waals surface area contributed by atoms with Crippen LogP contribution in [0.15, 0.2) is 0 Å². The molecule has 8 heteroatoms. The number of likely N-dealkylation sites (N-methyl/N-ethyl adjacent to an activating group) is 1. The molecule has 104 valence electrons. The molecular formula is C11H17N5O2S. The number of nitrogens with one attached hydrogen (secondary N) is 1. The van der Waals surface area contributed by atoms with Crippen LogP contribution in [-0.4, -0.2) is 52.7 Å². The van der Waals surface area contributed by atoms with Gasteiger partial charge in [0.05, 0.1) is 19.1 Å². The summed E-state index contributed by atoms with van der Waals surface area (Å²) in [6.45, 7) is 4.90. The molecule has 0 spiro atoms. The first kappa shape index (κ1) is 12.9. The topological polar surface area (TPSA) is 73.6 Å². The molecule has 2 aromatic heterocycles. The van der Waals surface area contributed by atoms with E-state index < -0.39 is 0 Å². The number of fused-ring (bicyclic) bond motifs is 1. The molecule has 1 fully saturated rings. The summed E-state index contributed by atoms with van der Waals surface area (Å²) in [7, 11) is 1.64. The molecule has 1 aliphatic heterocycles. The minimum atomic E-state index is 0.294. The Labute approximate surface area is 114 Å². The third-order valence-corrected chi connectivity index (χ3v) is 4.24. The van der Waals surface area contributed by atoms with E-state index in [4.69, 9.17) is 9.47 Å². The average Bonchev–Trinajstić information content (AvgIpc) is 3.06. The van der Waals surface area contributed by atoms with Crippen LogP contribution < -0.4 is 5.32 Å². The Hall–Kier alpha value is -1.09. The van der Waals surface area contributed by atoms with Gasteiger partial charge in [0.2, 0.25) is 4.96 Å². The quantitative estimate of drug-likeness (QED) is 0.857. The number of methoxy groups -OCH3 is 1. The number of rotatable bonds is 5. The molecule has 0 aromatic carbocycles. The van der Waals surface area contributed by atoms with Gasteiger partial charge in [0, 0.05) is 13.2 Å². The Balaban J connectivity index is 1.88. The van der Waals surface area contributed by atoms with Crippen molar-refractivity contribution in [3.05, 3.63) is 10.8 Å². The molecule has 1 saturated heterocycles. The van der Waals surface area contributed by atoms with Gasteiger partial charge in [0.15, 0.2) is 5.82 Å². The molecule has 2 atom stereocenters. The zero-order chi connectivity index (χ0) is 13.2. The number of hydrogen-bond donors (Lipinski definition) is 1. The molecule has 2 aromatic rings.